The zero-order valence-corrected chi connectivity index (χ0v) is 15.6. The van der Waals surface area contributed by atoms with Crippen molar-refractivity contribution in [1.82, 2.24) is 14.5 Å². The van der Waals surface area contributed by atoms with Crippen molar-refractivity contribution in [2.75, 3.05) is 5.73 Å². The van der Waals surface area contributed by atoms with Gasteiger partial charge in [0.2, 0.25) is 0 Å². The Hall–Kier alpha value is -3.07. The van der Waals surface area contributed by atoms with E-state index < -0.39 is 17.3 Å². The van der Waals surface area contributed by atoms with Crippen molar-refractivity contribution in [3.63, 3.8) is 0 Å². The molecule has 2 N–H and O–H groups in total. The topological polar surface area (TPSA) is 78.2 Å². The summed E-state index contributed by atoms with van der Waals surface area (Å²) in [5.41, 5.74) is 6.18. The second kappa shape index (κ2) is 7.16. The summed E-state index contributed by atoms with van der Waals surface area (Å²) in [5, 5.41) is 8.28. The maximum Gasteiger partial charge on any atom is 0.416 e. The number of nitrogen functional groups attached to an aromatic ring is 1. The first-order valence-corrected chi connectivity index (χ1v) is 8.42. The molecule has 2 heterocycles. The van der Waals surface area contributed by atoms with Crippen LogP contribution in [-0.2, 0) is 6.18 Å². The Kier molecular flexibility index (Phi) is 5.03. The molecule has 0 radical (unpaired) electrons. The number of alkyl halides is 3. The molecule has 0 atom stereocenters. The van der Waals surface area contributed by atoms with Crippen LogP contribution < -0.4 is 11.3 Å². The Morgan fingerprint density at radius 1 is 1.21 bits per heavy atom. The SMILES string of the molecule is Cc1cc(N)n(/N=C\c2c(C)nn(-c3cccc(C(F)(F)F)c3)c2Cl)c(=O)c1. The highest BCUT2D eigenvalue weighted by atomic mass is 35.5. The number of hydrogen-bond acceptors (Lipinski definition) is 4. The molecule has 3 aromatic rings. The van der Waals surface area contributed by atoms with Crippen LogP contribution in [0.4, 0.5) is 19.0 Å². The third-order valence-corrected chi connectivity index (χ3v) is 4.31. The van der Waals surface area contributed by atoms with Crippen molar-refractivity contribution in [3.05, 3.63) is 74.3 Å². The maximum absolute atomic E-state index is 13.0. The number of halogens is 4. The third-order valence-electron chi connectivity index (χ3n) is 3.95. The molecule has 146 valence electrons. The van der Waals surface area contributed by atoms with Gasteiger partial charge in [0, 0.05) is 6.07 Å². The number of aryl methyl sites for hydroxylation is 2. The molecule has 0 saturated heterocycles. The van der Waals surface area contributed by atoms with Crippen molar-refractivity contribution < 1.29 is 13.2 Å². The van der Waals surface area contributed by atoms with E-state index in [0.717, 1.165) is 16.8 Å². The fraction of sp³-hybridized carbons (Fsp3) is 0.167. The van der Waals surface area contributed by atoms with Gasteiger partial charge in [-0.25, -0.2) is 4.68 Å². The molecule has 10 heteroatoms. The molecule has 0 aliphatic rings. The van der Waals surface area contributed by atoms with Crippen LogP contribution in [0.2, 0.25) is 5.15 Å². The van der Waals surface area contributed by atoms with E-state index in [-0.39, 0.29) is 16.7 Å². The number of rotatable bonds is 3. The van der Waals surface area contributed by atoms with Gasteiger partial charge in [0.25, 0.3) is 5.56 Å². The van der Waals surface area contributed by atoms with E-state index in [4.69, 9.17) is 17.3 Å². The fourth-order valence-electron chi connectivity index (χ4n) is 2.60. The molecular weight excluding hydrogens is 395 g/mol. The Morgan fingerprint density at radius 2 is 1.93 bits per heavy atom. The predicted molar refractivity (Wildman–Crippen MR) is 101 cm³/mol. The van der Waals surface area contributed by atoms with Crippen LogP contribution in [0.5, 0.6) is 0 Å². The molecule has 0 bridgehead atoms. The monoisotopic (exact) mass is 409 g/mol. The Bertz CT molecular complexity index is 1130. The van der Waals surface area contributed by atoms with Crippen LogP contribution >= 0.6 is 11.6 Å². The van der Waals surface area contributed by atoms with Crippen LogP contribution in [0.25, 0.3) is 5.69 Å². The largest absolute Gasteiger partial charge is 0.416 e. The minimum atomic E-state index is -4.49. The van der Waals surface area contributed by atoms with E-state index >= 15 is 0 Å². The van der Waals surface area contributed by atoms with Crippen LogP contribution in [-0.4, -0.2) is 20.7 Å². The molecule has 0 unspecified atom stereocenters. The molecule has 0 fully saturated rings. The van der Waals surface area contributed by atoms with E-state index in [1.165, 1.54) is 29.1 Å². The normalized spacial score (nSPS) is 12.1. The van der Waals surface area contributed by atoms with Gasteiger partial charge in [-0.05, 0) is 43.7 Å². The van der Waals surface area contributed by atoms with Crippen molar-refractivity contribution in [2.45, 2.75) is 20.0 Å². The summed E-state index contributed by atoms with van der Waals surface area (Å²) in [6.07, 6.45) is -3.19. The Morgan fingerprint density at radius 3 is 2.57 bits per heavy atom. The zero-order chi connectivity index (χ0) is 20.6. The molecule has 1 aromatic carbocycles. The highest BCUT2D eigenvalue weighted by Gasteiger charge is 2.30. The first kappa shape index (κ1) is 19.7. The second-order valence-electron chi connectivity index (χ2n) is 6.10. The maximum atomic E-state index is 13.0. The molecule has 3 rings (SSSR count). The molecular formula is C18H15ClF3N5O. The van der Waals surface area contributed by atoms with Crippen molar-refractivity contribution in [2.24, 2.45) is 5.10 Å². The first-order chi connectivity index (χ1) is 13.1. The van der Waals surface area contributed by atoms with Crippen molar-refractivity contribution in [3.8, 4) is 5.69 Å². The predicted octanol–water partition coefficient (Wildman–Crippen LogP) is 3.79. The van der Waals surface area contributed by atoms with Gasteiger partial charge in [0.15, 0.2) is 0 Å². The summed E-state index contributed by atoms with van der Waals surface area (Å²) in [4.78, 5) is 12.0. The van der Waals surface area contributed by atoms with Gasteiger partial charge in [-0.15, -0.1) is 0 Å². The Balaban J connectivity index is 2.03. The average molecular weight is 410 g/mol. The lowest BCUT2D eigenvalue weighted by molar-refractivity contribution is -0.137. The average Bonchev–Trinajstić information content (AvgIpc) is 2.88. The first-order valence-electron chi connectivity index (χ1n) is 8.04. The van der Waals surface area contributed by atoms with Crippen LogP contribution in [0.1, 0.15) is 22.4 Å². The van der Waals surface area contributed by atoms with Gasteiger partial charge in [0.1, 0.15) is 11.0 Å². The summed E-state index contributed by atoms with van der Waals surface area (Å²) in [6, 6.07) is 7.58. The van der Waals surface area contributed by atoms with Crippen LogP contribution in [0.15, 0.2) is 46.3 Å². The number of pyridine rings is 1. The zero-order valence-electron chi connectivity index (χ0n) is 14.8. The highest BCUT2D eigenvalue weighted by molar-refractivity contribution is 6.32. The lowest BCUT2D eigenvalue weighted by Crippen LogP contribution is -2.19. The number of nitrogens with two attached hydrogens (primary N) is 1. The Labute approximate surface area is 162 Å². The molecule has 0 aliphatic carbocycles. The lowest BCUT2D eigenvalue weighted by Gasteiger charge is -2.09. The van der Waals surface area contributed by atoms with Crippen LogP contribution in [0.3, 0.4) is 0 Å². The van der Waals surface area contributed by atoms with E-state index in [2.05, 4.69) is 10.2 Å². The molecule has 28 heavy (non-hydrogen) atoms. The number of benzene rings is 1. The molecule has 0 spiro atoms. The molecule has 6 nitrogen and oxygen atoms in total. The number of aromatic nitrogens is 3. The van der Waals surface area contributed by atoms with Gasteiger partial charge >= 0.3 is 6.18 Å². The van der Waals surface area contributed by atoms with Gasteiger partial charge in [0.05, 0.1) is 28.7 Å². The molecule has 2 aromatic heterocycles. The van der Waals surface area contributed by atoms with Crippen molar-refractivity contribution in [1.29, 1.82) is 0 Å². The van der Waals surface area contributed by atoms with Crippen molar-refractivity contribution >= 4 is 23.6 Å². The standard InChI is InChI=1S/C18H15ClF3N5O/c1-10-6-15(23)27(16(28)7-10)24-9-14-11(2)25-26(17(14)19)13-5-3-4-12(8-13)18(20,21)22/h3-9H,23H2,1-2H3/b24-9-. The van der Waals surface area contributed by atoms with E-state index in [9.17, 15) is 18.0 Å². The summed E-state index contributed by atoms with van der Waals surface area (Å²) >= 11 is 6.31. The number of hydrogen-bond donors (Lipinski definition) is 1. The summed E-state index contributed by atoms with van der Waals surface area (Å²) in [6.45, 7) is 3.35. The van der Waals surface area contributed by atoms with Crippen LogP contribution in [0, 0.1) is 13.8 Å². The minimum absolute atomic E-state index is 0.0549. The van der Waals surface area contributed by atoms with E-state index in [1.54, 1.807) is 19.9 Å². The lowest BCUT2D eigenvalue weighted by atomic mass is 10.2. The minimum Gasteiger partial charge on any atom is -0.384 e. The quantitative estimate of drug-likeness (QED) is 0.668. The molecule has 0 saturated carbocycles. The molecule has 0 amide bonds. The number of nitrogens with zero attached hydrogens (tertiary/aromatic N) is 4. The summed E-state index contributed by atoms with van der Waals surface area (Å²) in [7, 11) is 0. The fourth-order valence-corrected chi connectivity index (χ4v) is 2.92. The van der Waals surface area contributed by atoms with Gasteiger partial charge in [-0.2, -0.15) is 28.0 Å². The number of anilines is 1. The van der Waals surface area contributed by atoms with Gasteiger partial charge in [-0.3, -0.25) is 4.79 Å². The smallest absolute Gasteiger partial charge is 0.384 e. The second-order valence-corrected chi connectivity index (χ2v) is 6.46. The molecule has 0 aliphatic heterocycles. The van der Waals surface area contributed by atoms with Gasteiger partial charge < -0.3 is 5.73 Å². The van der Waals surface area contributed by atoms with E-state index in [1.807, 2.05) is 0 Å². The highest BCUT2D eigenvalue weighted by Crippen LogP contribution is 2.31. The van der Waals surface area contributed by atoms with Gasteiger partial charge in [-0.1, -0.05) is 17.7 Å². The summed E-state index contributed by atoms with van der Waals surface area (Å²) < 4.78 is 41.0. The summed E-state index contributed by atoms with van der Waals surface area (Å²) in [5.74, 6) is 0.139. The van der Waals surface area contributed by atoms with E-state index in [0.29, 0.717) is 16.8 Å². The third kappa shape index (κ3) is 3.79.